The largest absolute Gasteiger partial charge is 0.379 e. The molecule has 126 valence electrons. The molecule has 1 fully saturated rings. The lowest BCUT2D eigenvalue weighted by Crippen LogP contribution is -2.52. The lowest BCUT2D eigenvalue weighted by molar-refractivity contribution is -0.00683. The van der Waals surface area contributed by atoms with Gasteiger partial charge in [0.1, 0.15) is 0 Å². The summed E-state index contributed by atoms with van der Waals surface area (Å²) in [6, 6.07) is 0. The molecule has 1 saturated heterocycles. The molecule has 0 amide bonds. The molecule has 0 aromatic rings. The molecule has 1 aliphatic heterocycles. The standard InChI is InChI=1S/C15H32N4O.HI/c1-5-7-8-17-14(16-6-2)18-13-15(3,4)19-9-11-20-12-10-19;/h5-13H2,1-4H3,(H2,16,17,18);1H. The van der Waals surface area contributed by atoms with E-state index in [4.69, 9.17) is 9.73 Å². The Morgan fingerprint density at radius 3 is 2.43 bits per heavy atom. The maximum absolute atomic E-state index is 5.42. The Hall–Kier alpha value is -0.0800. The van der Waals surface area contributed by atoms with E-state index in [1.807, 2.05) is 0 Å². The quantitative estimate of drug-likeness (QED) is 0.291. The van der Waals surface area contributed by atoms with Gasteiger partial charge < -0.3 is 15.4 Å². The Bertz CT molecular complexity index is 291. The molecular weight excluding hydrogens is 379 g/mol. The van der Waals surface area contributed by atoms with Crippen molar-refractivity contribution in [1.82, 2.24) is 15.5 Å². The Balaban J connectivity index is 0.00000400. The van der Waals surface area contributed by atoms with E-state index in [0.717, 1.165) is 51.9 Å². The van der Waals surface area contributed by atoms with Crippen molar-refractivity contribution < 1.29 is 4.74 Å². The predicted molar refractivity (Wildman–Crippen MR) is 101 cm³/mol. The smallest absolute Gasteiger partial charge is 0.191 e. The average Bonchev–Trinajstić information content (AvgIpc) is 2.46. The van der Waals surface area contributed by atoms with Crippen LogP contribution in [0.2, 0.25) is 0 Å². The summed E-state index contributed by atoms with van der Waals surface area (Å²) < 4.78 is 5.42. The SMILES string of the molecule is CCCCNC(=NCC(C)(C)N1CCOCC1)NCC.I. The summed E-state index contributed by atoms with van der Waals surface area (Å²) in [6.45, 7) is 15.2. The number of morpholine rings is 1. The number of guanidine groups is 1. The second-order valence-electron chi connectivity index (χ2n) is 5.89. The Morgan fingerprint density at radius 2 is 1.86 bits per heavy atom. The van der Waals surface area contributed by atoms with E-state index in [-0.39, 0.29) is 29.5 Å². The zero-order valence-corrected chi connectivity index (χ0v) is 16.4. The molecule has 0 unspecified atom stereocenters. The maximum Gasteiger partial charge on any atom is 0.191 e. The Labute approximate surface area is 147 Å². The maximum atomic E-state index is 5.42. The van der Waals surface area contributed by atoms with Crippen molar-refractivity contribution in [3.63, 3.8) is 0 Å². The number of hydrogen-bond acceptors (Lipinski definition) is 3. The summed E-state index contributed by atoms with van der Waals surface area (Å²) in [5, 5.41) is 6.71. The zero-order valence-electron chi connectivity index (χ0n) is 14.1. The minimum absolute atomic E-state index is 0. The molecule has 5 nitrogen and oxygen atoms in total. The third-order valence-corrected chi connectivity index (χ3v) is 3.66. The van der Waals surface area contributed by atoms with Gasteiger partial charge in [0.15, 0.2) is 5.96 Å². The number of aliphatic imine (C=N–C) groups is 1. The van der Waals surface area contributed by atoms with Gasteiger partial charge in [0.2, 0.25) is 0 Å². The van der Waals surface area contributed by atoms with Crippen molar-refractivity contribution in [2.45, 2.75) is 46.1 Å². The number of unbranched alkanes of at least 4 members (excludes halogenated alkanes) is 1. The molecule has 0 saturated carbocycles. The van der Waals surface area contributed by atoms with Crippen molar-refractivity contribution in [3.05, 3.63) is 0 Å². The van der Waals surface area contributed by atoms with Crippen molar-refractivity contribution in [1.29, 1.82) is 0 Å². The number of nitrogens with one attached hydrogen (secondary N) is 2. The molecular formula is C15H33IN4O. The van der Waals surface area contributed by atoms with Crippen LogP contribution in [0.1, 0.15) is 40.5 Å². The fourth-order valence-electron chi connectivity index (χ4n) is 2.27. The van der Waals surface area contributed by atoms with E-state index < -0.39 is 0 Å². The summed E-state index contributed by atoms with van der Waals surface area (Å²) in [5.74, 6) is 0.933. The average molecular weight is 412 g/mol. The van der Waals surface area contributed by atoms with E-state index in [1.165, 1.54) is 12.8 Å². The number of nitrogens with zero attached hydrogens (tertiary/aromatic N) is 2. The van der Waals surface area contributed by atoms with Crippen molar-refractivity contribution in [2.24, 2.45) is 4.99 Å². The van der Waals surface area contributed by atoms with Crippen molar-refractivity contribution >= 4 is 29.9 Å². The van der Waals surface area contributed by atoms with E-state index in [1.54, 1.807) is 0 Å². The second-order valence-corrected chi connectivity index (χ2v) is 5.89. The van der Waals surface area contributed by atoms with Gasteiger partial charge in [-0.05, 0) is 27.2 Å². The highest BCUT2D eigenvalue weighted by atomic mass is 127. The van der Waals surface area contributed by atoms with E-state index in [9.17, 15) is 0 Å². The van der Waals surface area contributed by atoms with Gasteiger partial charge in [0.25, 0.3) is 0 Å². The first-order chi connectivity index (χ1) is 9.60. The molecule has 1 heterocycles. The van der Waals surface area contributed by atoms with Gasteiger partial charge in [-0.25, -0.2) is 0 Å². The zero-order chi connectivity index (χ0) is 14.8. The molecule has 0 bridgehead atoms. The first-order valence-electron chi connectivity index (χ1n) is 7.95. The van der Waals surface area contributed by atoms with Crippen LogP contribution in [0.3, 0.4) is 0 Å². The second kappa shape index (κ2) is 11.5. The number of rotatable bonds is 7. The van der Waals surface area contributed by atoms with Gasteiger partial charge in [-0.3, -0.25) is 9.89 Å². The number of ether oxygens (including phenoxy) is 1. The number of hydrogen-bond donors (Lipinski definition) is 2. The summed E-state index contributed by atoms with van der Waals surface area (Å²) >= 11 is 0. The molecule has 0 aliphatic carbocycles. The molecule has 0 radical (unpaired) electrons. The third kappa shape index (κ3) is 8.21. The van der Waals surface area contributed by atoms with Gasteiger partial charge >= 0.3 is 0 Å². The highest BCUT2D eigenvalue weighted by molar-refractivity contribution is 14.0. The van der Waals surface area contributed by atoms with Crippen molar-refractivity contribution in [2.75, 3.05) is 45.9 Å². The van der Waals surface area contributed by atoms with E-state index in [0.29, 0.717) is 0 Å². The predicted octanol–water partition coefficient (Wildman–Crippen LogP) is 2.07. The summed E-state index contributed by atoms with van der Waals surface area (Å²) in [7, 11) is 0. The highest BCUT2D eigenvalue weighted by Crippen LogP contribution is 2.16. The van der Waals surface area contributed by atoms with Crippen LogP contribution in [-0.2, 0) is 4.74 Å². The first-order valence-corrected chi connectivity index (χ1v) is 7.95. The molecule has 0 atom stereocenters. The third-order valence-electron chi connectivity index (χ3n) is 3.66. The van der Waals surface area contributed by atoms with Gasteiger partial charge in [0, 0.05) is 31.7 Å². The van der Waals surface area contributed by atoms with Crippen LogP contribution < -0.4 is 10.6 Å². The molecule has 6 heteroatoms. The van der Waals surface area contributed by atoms with Crippen LogP contribution in [0.5, 0.6) is 0 Å². The van der Waals surface area contributed by atoms with Crippen LogP contribution in [0, 0.1) is 0 Å². The fourth-order valence-corrected chi connectivity index (χ4v) is 2.27. The van der Waals surface area contributed by atoms with Crippen molar-refractivity contribution in [3.8, 4) is 0 Å². The van der Waals surface area contributed by atoms with Crippen LogP contribution in [0.25, 0.3) is 0 Å². The lowest BCUT2D eigenvalue weighted by atomic mass is 10.0. The topological polar surface area (TPSA) is 48.9 Å². The Morgan fingerprint density at radius 1 is 1.19 bits per heavy atom. The summed E-state index contributed by atoms with van der Waals surface area (Å²) in [6.07, 6.45) is 2.38. The van der Waals surface area contributed by atoms with Crippen LogP contribution >= 0.6 is 24.0 Å². The normalized spacial score (nSPS) is 17.2. The molecule has 0 aromatic carbocycles. The van der Waals surface area contributed by atoms with Crippen LogP contribution in [0.4, 0.5) is 0 Å². The number of halogens is 1. The molecule has 1 rings (SSSR count). The monoisotopic (exact) mass is 412 g/mol. The van der Waals surface area contributed by atoms with Gasteiger partial charge in [0.05, 0.1) is 19.8 Å². The van der Waals surface area contributed by atoms with E-state index >= 15 is 0 Å². The highest BCUT2D eigenvalue weighted by Gasteiger charge is 2.27. The van der Waals surface area contributed by atoms with Crippen LogP contribution in [-0.4, -0.2) is 62.3 Å². The molecule has 2 N–H and O–H groups in total. The van der Waals surface area contributed by atoms with Gasteiger partial charge in [-0.2, -0.15) is 0 Å². The Kier molecular flexibility index (Phi) is 11.4. The van der Waals surface area contributed by atoms with Crippen LogP contribution in [0.15, 0.2) is 4.99 Å². The lowest BCUT2D eigenvalue weighted by Gasteiger charge is -2.39. The molecule has 1 aliphatic rings. The fraction of sp³-hybridized carbons (Fsp3) is 0.933. The summed E-state index contributed by atoms with van der Waals surface area (Å²) in [4.78, 5) is 7.21. The summed E-state index contributed by atoms with van der Waals surface area (Å²) in [5.41, 5.74) is 0.0802. The molecule has 0 spiro atoms. The van der Waals surface area contributed by atoms with E-state index in [2.05, 4.69) is 43.2 Å². The van der Waals surface area contributed by atoms with Gasteiger partial charge in [-0.15, -0.1) is 24.0 Å². The minimum atomic E-state index is 0. The van der Waals surface area contributed by atoms with Gasteiger partial charge in [-0.1, -0.05) is 13.3 Å². The molecule has 21 heavy (non-hydrogen) atoms. The molecule has 0 aromatic heterocycles. The minimum Gasteiger partial charge on any atom is -0.379 e. The first kappa shape index (κ1) is 20.9.